The van der Waals surface area contributed by atoms with Gasteiger partial charge in [-0.15, -0.1) is 0 Å². The summed E-state index contributed by atoms with van der Waals surface area (Å²) in [6.45, 7) is 1.21. The number of fused-ring (bicyclic) bond motifs is 2. The van der Waals surface area contributed by atoms with Crippen LogP contribution in [0.2, 0.25) is 0 Å². The molecule has 0 bridgehead atoms. The minimum Gasteiger partial charge on any atom is -1.00 e. The van der Waals surface area contributed by atoms with Crippen molar-refractivity contribution in [3.8, 4) is 0 Å². The van der Waals surface area contributed by atoms with Crippen molar-refractivity contribution >= 4 is 21.5 Å². The van der Waals surface area contributed by atoms with Crippen LogP contribution in [0.4, 0.5) is 0 Å². The van der Waals surface area contributed by atoms with Crippen molar-refractivity contribution in [2.75, 3.05) is 27.7 Å². The fraction of sp³-hybridized carbons (Fsp3) is 0.300. The van der Waals surface area contributed by atoms with Crippen LogP contribution in [-0.2, 0) is 6.42 Å². The Hall–Kier alpha value is -1.38. The Bertz CT molecular complexity index is 771. The van der Waals surface area contributed by atoms with Crippen molar-refractivity contribution < 1.29 is 21.5 Å². The number of aryl methyl sites for hydroxylation is 1. The van der Waals surface area contributed by atoms with Crippen LogP contribution >= 0.6 is 0 Å². The van der Waals surface area contributed by atoms with Gasteiger partial charge in [0.2, 0.25) is 0 Å². The topological polar surface area (TPSA) is 0 Å². The summed E-state index contributed by atoms with van der Waals surface area (Å²) in [6, 6.07) is 20.0. The van der Waals surface area contributed by atoms with Crippen molar-refractivity contribution in [2.45, 2.75) is 12.8 Å². The molecule has 0 atom stereocenters. The molecule has 2 heteroatoms. The van der Waals surface area contributed by atoms with Crippen LogP contribution in [0.5, 0.6) is 0 Å². The van der Waals surface area contributed by atoms with Gasteiger partial charge in [-0.2, -0.15) is 0 Å². The van der Waals surface area contributed by atoms with Crippen LogP contribution in [-0.4, -0.2) is 32.2 Å². The van der Waals surface area contributed by atoms with Gasteiger partial charge in [0.25, 0.3) is 0 Å². The predicted octanol–water partition coefficient (Wildman–Crippen LogP) is 1.64. The van der Waals surface area contributed by atoms with E-state index < -0.39 is 0 Å². The van der Waals surface area contributed by atoms with E-state index in [1.54, 1.807) is 0 Å². The third-order valence-electron chi connectivity index (χ3n) is 4.11. The molecule has 0 aromatic heterocycles. The molecule has 0 fully saturated rings. The van der Waals surface area contributed by atoms with Gasteiger partial charge in [-0.25, -0.2) is 0 Å². The largest absolute Gasteiger partial charge is 1.00 e. The van der Waals surface area contributed by atoms with Gasteiger partial charge >= 0.3 is 0 Å². The van der Waals surface area contributed by atoms with Gasteiger partial charge in [-0.05, 0) is 45.7 Å². The number of benzene rings is 3. The van der Waals surface area contributed by atoms with E-state index in [9.17, 15) is 0 Å². The molecule has 0 aliphatic heterocycles. The lowest BCUT2D eigenvalue weighted by molar-refractivity contribution is -0.870. The first kappa shape index (κ1) is 17.0. The molecule has 22 heavy (non-hydrogen) atoms. The summed E-state index contributed by atoms with van der Waals surface area (Å²) in [5.41, 5.74) is 1.48. The number of hydrogen-bond acceptors (Lipinski definition) is 0. The highest BCUT2D eigenvalue weighted by Gasteiger charge is 2.08. The van der Waals surface area contributed by atoms with Gasteiger partial charge < -0.3 is 21.5 Å². The smallest absolute Gasteiger partial charge is 0.0783 e. The quantitative estimate of drug-likeness (QED) is 0.491. The minimum absolute atomic E-state index is 0. The van der Waals surface area contributed by atoms with E-state index >= 15 is 0 Å². The van der Waals surface area contributed by atoms with Crippen LogP contribution in [0.3, 0.4) is 0 Å². The molecule has 0 saturated carbocycles. The highest BCUT2D eigenvalue weighted by Crippen LogP contribution is 2.26. The van der Waals surface area contributed by atoms with Gasteiger partial charge in [0.15, 0.2) is 0 Å². The maximum atomic E-state index is 2.35. The fourth-order valence-electron chi connectivity index (χ4n) is 2.99. The lowest BCUT2D eigenvalue weighted by Crippen LogP contribution is -3.00. The number of quaternary nitrogens is 1. The van der Waals surface area contributed by atoms with E-state index in [0.29, 0.717) is 0 Å². The summed E-state index contributed by atoms with van der Waals surface area (Å²) in [5, 5.41) is 5.44. The third kappa shape index (κ3) is 3.88. The van der Waals surface area contributed by atoms with Gasteiger partial charge in [0.1, 0.15) is 0 Å². The first-order valence-corrected chi connectivity index (χ1v) is 7.74. The van der Waals surface area contributed by atoms with E-state index in [4.69, 9.17) is 0 Å². The number of halogens is 1. The second-order valence-electron chi connectivity index (χ2n) is 6.96. The summed E-state index contributed by atoms with van der Waals surface area (Å²) in [6.07, 6.45) is 2.39. The Balaban J connectivity index is 0.00000176. The van der Waals surface area contributed by atoms with Crippen molar-refractivity contribution in [3.63, 3.8) is 0 Å². The van der Waals surface area contributed by atoms with E-state index in [0.717, 1.165) is 10.9 Å². The summed E-state index contributed by atoms with van der Waals surface area (Å²) < 4.78 is 1.04. The molecule has 0 spiro atoms. The average Bonchev–Trinajstić information content (AvgIpc) is 2.44. The van der Waals surface area contributed by atoms with E-state index in [1.165, 1.54) is 40.1 Å². The Morgan fingerprint density at radius 2 is 1.41 bits per heavy atom. The molecular weight excluding hydrogens is 334 g/mol. The Labute approximate surface area is 143 Å². The Morgan fingerprint density at radius 3 is 2.09 bits per heavy atom. The van der Waals surface area contributed by atoms with Crippen LogP contribution in [0.1, 0.15) is 12.0 Å². The summed E-state index contributed by atoms with van der Waals surface area (Å²) >= 11 is 0. The highest BCUT2D eigenvalue weighted by molar-refractivity contribution is 5.99. The molecule has 0 N–H and O–H groups in total. The standard InChI is InChI=1S/C20H24N.BrH/c1-21(2,3)13-7-12-16-10-6-11-19-14-17-8-4-5-9-18(17)15-20(16)19;/h4-6,8-11,14-15H,7,12-13H2,1-3H3;1H/q+1;/p-1. The van der Waals surface area contributed by atoms with Crippen LogP contribution in [0, 0.1) is 0 Å². The Kier molecular flexibility index (Phi) is 5.25. The average molecular weight is 358 g/mol. The predicted molar refractivity (Wildman–Crippen MR) is 92.7 cm³/mol. The lowest BCUT2D eigenvalue weighted by atomic mass is 9.97. The van der Waals surface area contributed by atoms with E-state index in [-0.39, 0.29) is 17.0 Å². The maximum Gasteiger partial charge on any atom is 0.0783 e. The molecule has 0 saturated heterocycles. The van der Waals surface area contributed by atoms with Crippen molar-refractivity contribution in [3.05, 3.63) is 60.2 Å². The maximum absolute atomic E-state index is 2.35. The molecule has 1 nitrogen and oxygen atoms in total. The number of nitrogens with zero attached hydrogens (tertiary/aromatic N) is 1. The summed E-state index contributed by atoms with van der Waals surface area (Å²) in [7, 11) is 6.78. The van der Waals surface area contributed by atoms with Crippen molar-refractivity contribution in [1.29, 1.82) is 0 Å². The molecule has 0 amide bonds. The van der Waals surface area contributed by atoms with Gasteiger partial charge in [0.05, 0.1) is 27.7 Å². The summed E-state index contributed by atoms with van der Waals surface area (Å²) in [5.74, 6) is 0. The summed E-state index contributed by atoms with van der Waals surface area (Å²) in [4.78, 5) is 0. The second kappa shape index (κ2) is 6.80. The SMILES string of the molecule is C[N+](C)(C)CCCc1cccc2cc3ccccc3cc12.[Br-]. The Morgan fingerprint density at radius 1 is 0.773 bits per heavy atom. The van der Waals surface area contributed by atoms with E-state index in [1.807, 2.05) is 0 Å². The normalized spacial score (nSPS) is 11.6. The fourth-order valence-corrected chi connectivity index (χ4v) is 2.99. The zero-order valence-corrected chi connectivity index (χ0v) is 15.2. The molecule has 3 aromatic rings. The van der Waals surface area contributed by atoms with Gasteiger partial charge in [-0.1, -0.05) is 42.5 Å². The van der Waals surface area contributed by atoms with Crippen molar-refractivity contribution in [1.82, 2.24) is 0 Å². The van der Waals surface area contributed by atoms with Crippen molar-refractivity contribution in [2.24, 2.45) is 0 Å². The molecular formula is C20H24BrN. The van der Waals surface area contributed by atoms with Gasteiger partial charge in [0, 0.05) is 6.42 Å². The third-order valence-corrected chi connectivity index (χ3v) is 4.11. The molecule has 0 unspecified atom stereocenters. The van der Waals surface area contributed by atoms with Crippen LogP contribution in [0.25, 0.3) is 21.5 Å². The van der Waals surface area contributed by atoms with Crippen LogP contribution < -0.4 is 17.0 Å². The number of hydrogen-bond donors (Lipinski definition) is 0. The zero-order chi connectivity index (χ0) is 14.9. The zero-order valence-electron chi connectivity index (χ0n) is 13.6. The molecule has 0 aliphatic rings. The molecule has 0 heterocycles. The minimum atomic E-state index is 0. The van der Waals surface area contributed by atoms with Gasteiger partial charge in [-0.3, -0.25) is 0 Å². The highest BCUT2D eigenvalue weighted by atomic mass is 79.9. The number of rotatable bonds is 4. The van der Waals surface area contributed by atoms with Crippen LogP contribution in [0.15, 0.2) is 54.6 Å². The monoisotopic (exact) mass is 357 g/mol. The van der Waals surface area contributed by atoms with E-state index in [2.05, 4.69) is 75.7 Å². The molecule has 3 rings (SSSR count). The molecule has 3 aromatic carbocycles. The molecule has 0 aliphatic carbocycles. The second-order valence-corrected chi connectivity index (χ2v) is 6.96. The molecule has 116 valence electrons. The first-order valence-electron chi connectivity index (χ1n) is 7.74. The first-order chi connectivity index (χ1) is 10.0. The lowest BCUT2D eigenvalue weighted by Gasteiger charge is -2.23. The molecule has 0 radical (unpaired) electrons.